The van der Waals surface area contributed by atoms with Crippen LogP contribution in [0.25, 0.3) is 11.3 Å². The SMILES string of the molecule is Cc1cccc(C(C)C)c1NC(=O)[C@@H](C)Sc1nc(-c2ccccc2)cs1. The molecule has 0 bridgehead atoms. The van der Waals surface area contributed by atoms with Crippen molar-refractivity contribution < 1.29 is 4.79 Å². The number of benzene rings is 2. The summed E-state index contributed by atoms with van der Waals surface area (Å²) in [5, 5.41) is 4.96. The first-order chi connectivity index (χ1) is 13.0. The van der Waals surface area contributed by atoms with Gasteiger partial charge in [0.05, 0.1) is 10.9 Å². The van der Waals surface area contributed by atoms with E-state index in [0.717, 1.165) is 26.8 Å². The zero-order valence-electron chi connectivity index (χ0n) is 16.0. The standard InChI is InChI=1S/C22H24N2OS2/c1-14(2)18-12-8-9-15(3)20(18)24-21(25)16(4)27-22-23-19(13-26-22)17-10-6-5-7-11-17/h5-14,16H,1-4H3,(H,24,25)/t16-/m1/s1. The number of nitrogens with one attached hydrogen (secondary N) is 1. The molecule has 0 spiro atoms. The highest BCUT2D eigenvalue weighted by Gasteiger charge is 2.19. The quantitative estimate of drug-likeness (QED) is 0.493. The second kappa shape index (κ2) is 8.72. The zero-order chi connectivity index (χ0) is 19.4. The van der Waals surface area contributed by atoms with Crippen molar-refractivity contribution in [2.24, 2.45) is 0 Å². The maximum Gasteiger partial charge on any atom is 0.237 e. The third kappa shape index (κ3) is 4.79. The van der Waals surface area contributed by atoms with Gasteiger partial charge in [0.1, 0.15) is 0 Å². The van der Waals surface area contributed by atoms with Crippen molar-refractivity contribution in [1.82, 2.24) is 4.98 Å². The van der Waals surface area contributed by atoms with Crippen LogP contribution in [0.1, 0.15) is 37.8 Å². The molecule has 1 amide bonds. The topological polar surface area (TPSA) is 42.0 Å². The van der Waals surface area contributed by atoms with Gasteiger partial charge in [-0.2, -0.15) is 0 Å². The molecule has 1 N–H and O–H groups in total. The Balaban J connectivity index is 1.70. The molecule has 3 rings (SSSR count). The van der Waals surface area contributed by atoms with Gasteiger partial charge in [-0.05, 0) is 30.9 Å². The van der Waals surface area contributed by atoms with Crippen LogP contribution in [0.15, 0.2) is 58.3 Å². The predicted octanol–water partition coefficient (Wildman–Crippen LogP) is 6.36. The molecule has 0 saturated carbocycles. The van der Waals surface area contributed by atoms with E-state index in [-0.39, 0.29) is 11.2 Å². The highest BCUT2D eigenvalue weighted by atomic mass is 32.2. The molecule has 5 heteroatoms. The van der Waals surface area contributed by atoms with Crippen LogP contribution in [0.5, 0.6) is 0 Å². The number of aryl methyl sites for hydroxylation is 1. The Morgan fingerprint density at radius 1 is 1.07 bits per heavy atom. The summed E-state index contributed by atoms with van der Waals surface area (Å²) in [5.41, 5.74) is 5.25. The highest BCUT2D eigenvalue weighted by Crippen LogP contribution is 2.32. The highest BCUT2D eigenvalue weighted by molar-refractivity contribution is 8.02. The van der Waals surface area contributed by atoms with Gasteiger partial charge in [-0.15, -0.1) is 11.3 Å². The fourth-order valence-electron chi connectivity index (χ4n) is 2.82. The van der Waals surface area contributed by atoms with Gasteiger partial charge in [-0.25, -0.2) is 4.98 Å². The molecule has 0 unspecified atom stereocenters. The van der Waals surface area contributed by atoms with Crippen LogP contribution in [-0.2, 0) is 4.79 Å². The fourth-order valence-corrected chi connectivity index (χ4v) is 4.80. The molecule has 1 aromatic heterocycles. The summed E-state index contributed by atoms with van der Waals surface area (Å²) in [6.07, 6.45) is 0. The lowest BCUT2D eigenvalue weighted by atomic mass is 9.98. The molecule has 0 aliphatic heterocycles. The summed E-state index contributed by atoms with van der Waals surface area (Å²) in [6, 6.07) is 16.3. The number of aromatic nitrogens is 1. The number of carbonyl (C=O) groups is 1. The predicted molar refractivity (Wildman–Crippen MR) is 117 cm³/mol. The van der Waals surface area contributed by atoms with E-state index in [9.17, 15) is 4.79 Å². The molecule has 1 atom stereocenters. The smallest absolute Gasteiger partial charge is 0.237 e. The minimum Gasteiger partial charge on any atom is -0.325 e. The summed E-state index contributed by atoms with van der Waals surface area (Å²) in [5.74, 6) is 0.364. The third-order valence-electron chi connectivity index (χ3n) is 4.37. The van der Waals surface area contributed by atoms with Crippen molar-refractivity contribution in [3.05, 3.63) is 65.0 Å². The minimum atomic E-state index is -0.223. The lowest BCUT2D eigenvalue weighted by Crippen LogP contribution is -2.23. The first-order valence-electron chi connectivity index (χ1n) is 9.03. The van der Waals surface area contributed by atoms with Crippen LogP contribution in [0.3, 0.4) is 0 Å². The van der Waals surface area contributed by atoms with Crippen molar-refractivity contribution >= 4 is 34.7 Å². The lowest BCUT2D eigenvalue weighted by Gasteiger charge is -2.18. The molecule has 0 radical (unpaired) electrons. The Morgan fingerprint density at radius 2 is 1.81 bits per heavy atom. The van der Waals surface area contributed by atoms with E-state index >= 15 is 0 Å². The number of para-hydroxylation sites is 1. The monoisotopic (exact) mass is 396 g/mol. The average molecular weight is 397 g/mol. The molecule has 3 nitrogen and oxygen atoms in total. The molecule has 27 heavy (non-hydrogen) atoms. The number of carbonyl (C=O) groups excluding carboxylic acids is 1. The number of hydrogen-bond donors (Lipinski definition) is 1. The summed E-state index contributed by atoms with van der Waals surface area (Å²) in [7, 11) is 0. The molecule has 0 fully saturated rings. The molecule has 1 heterocycles. The van der Waals surface area contributed by atoms with Crippen molar-refractivity contribution in [2.45, 2.75) is 43.2 Å². The van der Waals surface area contributed by atoms with E-state index in [1.165, 1.54) is 17.3 Å². The van der Waals surface area contributed by atoms with E-state index in [4.69, 9.17) is 0 Å². The largest absolute Gasteiger partial charge is 0.325 e. The summed E-state index contributed by atoms with van der Waals surface area (Å²) >= 11 is 3.08. The first-order valence-corrected chi connectivity index (χ1v) is 10.8. The van der Waals surface area contributed by atoms with Crippen molar-refractivity contribution in [3.8, 4) is 11.3 Å². The van der Waals surface area contributed by atoms with Crippen LogP contribution in [0, 0.1) is 6.92 Å². The van der Waals surface area contributed by atoms with Crippen molar-refractivity contribution in [3.63, 3.8) is 0 Å². The van der Waals surface area contributed by atoms with Crippen molar-refractivity contribution in [1.29, 1.82) is 0 Å². The van der Waals surface area contributed by atoms with E-state index in [2.05, 4.69) is 30.2 Å². The Hall–Kier alpha value is -2.11. The van der Waals surface area contributed by atoms with Gasteiger partial charge in [0, 0.05) is 16.6 Å². The minimum absolute atomic E-state index is 0.00709. The summed E-state index contributed by atoms with van der Waals surface area (Å²) in [4.78, 5) is 17.4. The van der Waals surface area contributed by atoms with Gasteiger partial charge in [0.2, 0.25) is 5.91 Å². The Labute approximate surface area is 169 Å². The van der Waals surface area contributed by atoms with Crippen LogP contribution in [0.4, 0.5) is 5.69 Å². The number of anilines is 1. The molecule has 2 aromatic carbocycles. The zero-order valence-corrected chi connectivity index (χ0v) is 17.7. The second-order valence-electron chi connectivity index (χ2n) is 6.81. The van der Waals surface area contributed by atoms with Gasteiger partial charge in [-0.1, -0.05) is 74.1 Å². The van der Waals surface area contributed by atoms with Crippen LogP contribution < -0.4 is 5.32 Å². The molecule has 0 saturated heterocycles. The van der Waals surface area contributed by atoms with Gasteiger partial charge in [0.25, 0.3) is 0 Å². The Morgan fingerprint density at radius 3 is 2.52 bits per heavy atom. The third-order valence-corrected chi connectivity index (χ3v) is 6.45. The number of amides is 1. The number of thiazole rings is 1. The molecule has 0 aliphatic carbocycles. The van der Waals surface area contributed by atoms with E-state index in [0.29, 0.717) is 5.92 Å². The maximum absolute atomic E-state index is 12.8. The number of thioether (sulfide) groups is 1. The summed E-state index contributed by atoms with van der Waals surface area (Å²) in [6.45, 7) is 8.25. The average Bonchev–Trinajstić information content (AvgIpc) is 3.12. The molecule has 3 aromatic rings. The molecular formula is C22H24N2OS2. The lowest BCUT2D eigenvalue weighted by molar-refractivity contribution is -0.115. The number of nitrogens with zero attached hydrogens (tertiary/aromatic N) is 1. The Kier molecular flexibility index (Phi) is 6.34. The van der Waals surface area contributed by atoms with E-state index in [1.807, 2.05) is 61.7 Å². The first kappa shape index (κ1) is 19.6. The van der Waals surface area contributed by atoms with Gasteiger partial charge < -0.3 is 5.32 Å². The van der Waals surface area contributed by atoms with Gasteiger partial charge in [-0.3, -0.25) is 4.79 Å². The summed E-state index contributed by atoms with van der Waals surface area (Å²) < 4.78 is 0.908. The van der Waals surface area contributed by atoms with E-state index < -0.39 is 0 Å². The molecule has 0 aliphatic rings. The van der Waals surface area contributed by atoms with Gasteiger partial charge >= 0.3 is 0 Å². The number of rotatable bonds is 6. The fraction of sp³-hybridized carbons (Fsp3) is 0.273. The van der Waals surface area contributed by atoms with E-state index in [1.54, 1.807) is 11.3 Å². The Bertz CT molecular complexity index is 919. The molecular weight excluding hydrogens is 372 g/mol. The normalized spacial score (nSPS) is 12.2. The van der Waals surface area contributed by atoms with Crippen LogP contribution in [0.2, 0.25) is 0 Å². The van der Waals surface area contributed by atoms with Gasteiger partial charge in [0.15, 0.2) is 4.34 Å². The van der Waals surface area contributed by atoms with Crippen LogP contribution in [-0.4, -0.2) is 16.1 Å². The van der Waals surface area contributed by atoms with Crippen molar-refractivity contribution in [2.75, 3.05) is 5.32 Å². The molecule has 140 valence electrons. The maximum atomic E-state index is 12.8. The number of hydrogen-bond acceptors (Lipinski definition) is 4. The van der Waals surface area contributed by atoms with Crippen LogP contribution >= 0.6 is 23.1 Å². The second-order valence-corrected chi connectivity index (χ2v) is 9.25.